The van der Waals surface area contributed by atoms with E-state index in [1.165, 1.54) is 6.42 Å². The maximum absolute atomic E-state index is 12.9. The molecule has 3 rings (SSSR count). The number of carbonyl (C=O) groups excluding carboxylic acids is 3. The summed E-state index contributed by atoms with van der Waals surface area (Å²) < 4.78 is 0. The molecule has 0 saturated heterocycles. The van der Waals surface area contributed by atoms with Crippen LogP contribution in [0.1, 0.15) is 70.3 Å². The van der Waals surface area contributed by atoms with Gasteiger partial charge in [-0.3, -0.25) is 9.59 Å². The van der Waals surface area contributed by atoms with Crippen LogP contribution in [-0.2, 0) is 16.0 Å². The van der Waals surface area contributed by atoms with Crippen LogP contribution in [0.5, 0.6) is 0 Å². The van der Waals surface area contributed by atoms with Crippen LogP contribution in [0.2, 0.25) is 0 Å². The molecule has 1 aromatic carbocycles. The van der Waals surface area contributed by atoms with Gasteiger partial charge in [0.15, 0.2) is 0 Å². The van der Waals surface area contributed by atoms with E-state index >= 15 is 0 Å². The Balaban J connectivity index is 1.51. The second-order valence-electron chi connectivity index (χ2n) is 10.5. The van der Waals surface area contributed by atoms with Crippen molar-refractivity contribution in [3.05, 3.63) is 35.9 Å². The maximum atomic E-state index is 12.9. The summed E-state index contributed by atoms with van der Waals surface area (Å²) in [7, 11) is 0. The Bertz CT molecular complexity index is 857. The minimum absolute atomic E-state index is 0.0400. The van der Waals surface area contributed by atoms with Crippen molar-refractivity contribution in [3.8, 4) is 0 Å². The fourth-order valence-corrected chi connectivity index (χ4v) is 5.15. The zero-order valence-corrected chi connectivity index (χ0v) is 22.0. The third-order valence-corrected chi connectivity index (χ3v) is 7.42. The maximum Gasteiger partial charge on any atom is 0.315 e. The molecule has 0 radical (unpaired) electrons. The van der Waals surface area contributed by atoms with E-state index < -0.39 is 30.3 Å². The summed E-state index contributed by atoms with van der Waals surface area (Å²) in [6.45, 7) is 2.34. The first-order valence-electron chi connectivity index (χ1n) is 13.9. The molecule has 0 unspecified atom stereocenters. The normalized spacial score (nSPS) is 19.2. The number of aliphatic hydroxyl groups is 2. The molecule has 2 fully saturated rings. The summed E-state index contributed by atoms with van der Waals surface area (Å²) >= 11 is 0. The van der Waals surface area contributed by atoms with Gasteiger partial charge < -0.3 is 31.5 Å². The molecule has 0 spiro atoms. The lowest BCUT2D eigenvalue weighted by molar-refractivity contribution is -0.124. The highest BCUT2D eigenvalue weighted by atomic mass is 16.3. The number of rotatable bonds is 14. The van der Waals surface area contributed by atoms with Crippen LogP contribution < -0.4 is 21.3 Å². The predicted octanol–water partition coefficient (Wildman–Crippen LogP) is 2.01. The third-order valence-electron chi connectivity index (χ3n) is 7.42. The van der Waals surface area contributed by atoms with Gasteiger partial charge >= 0.3 is 6.03 Å². The summed E-state index contributed by atoms with van der Waals surface area (Å²) in [5.74, 6) is -0.108. The van der Waals surface area contributed by atoms with Crippen LogP contribution in [-0.4, -0.2) is 65.4 Å². The first-order chi connectivity index (χ1) is 17.9. The first kappa shape index (κ1) is 28.9. The smallest absolute Gasteiger partial charge is 0.315 e. The Morgan fingerprint density at radius 1 is 0.946 bits per heavy atom. The molecule has 9 heteroatoms. The van der Waals surface area contributed by atoms with Crippen LogP contribution in [0, 0.1) is 11.8 Å². The molecule has 2 aliphatic rings. The van der Waals surface area contributed by atoms with Gasteiger partial charge in [0.2, 0.25) is 11.8 Å². The van der Waals surface area contributed by atoms with Gasteiger partial charge in [0.25, 0.3) is 0 Å². The van der Waals surface area contributed by atoms with Crippen LogP contribution in [0.25, 0.3) is 0 Å². The molecule has 4 atom stereocenters. The van der Waals surface area contributed by atoms with Crippen molar-refractivity contribution < 1.29 is 24.6 Å². The third kappa shape index (κ3) is 9.97. The second-order valence-corrected chi connectivity index (χ2v) is 10.5. The van der Waals surface area contributed by atoms with E-state index in [0.717, 1.165) is 44.1 Å². The van der Waals surface area contributed by atoms with Crippen molar-refractivity contribution >= 4 is 17.8 Å². The number of aliphatic hydroxyl groups excluding tert-OH is 2. The number of hydrogen-bond acceptors (Lipinski definition) is 5. The van der Waals surface area contributed by atoms with Crippen LogP contribution in [0.15, 0.2) is 30.3 Å². The standard InChI is InChI=1S/C28H44N4O5/c1-2-29-28(37)32-23(18-20-11-7-4-8-12-20)27(36)30-16-15-24(33)31-22(17-19-9-5-3-6-10-19)26(35)25(34)21-13-14-21/h4,7-8,11-12,19,21-23,25-26,34-35H,2-3,5-6,9-10,13-18H2,1H3,(H,30,36)(H,31,33)(H2,29,32,37)/t22-,23-,25-,26+/m0/s1. The summed E-state index contributed by atoms with van der Waals surface area (Å²) in [5, 5.41) is 32.4. The molecule has 2 saturated carbocycles. The van der Waals surface area contributed by atoms with E-state index in [2.05, 4.69) is 21.3 Å². The van der Waals surface area contributed by atoms with Crippen molar-refractivity contribution in [3.63, 3.8) is 0 Å². The average Bonchev–Trinajstić information content (AvgIpc) is 3.74. The monoisotopic (exact) mass is 516 g/mol. The summed E-state index contributed by atoms with van der Waals surface area (Å²) in [4.78, 5) is 37.7. The molecular formula is C28H44N4O5. The van der Waals surface area contributed by atoms with Crippen molar-refractivity contribution in [2.45, 2.75) is 95.4 Å². The second kappa shape index (κ2) is 14.9. The molecule has 0 bridgehead atoms. The fraction of sp³-hybridized carbons (Fsp3) is 0.679. The zero-order valence-electron chi connectivity index (χ0n) is 22.0. The highest BCUT2D eigenvalue weighted by Crippen LogP contribution is 2.36. The minimum atomic E-state index is -0.996. The highest BCUT2D eigenvalue weighted by Gasteiger charge is 2.39. The highest BCUT2D eigenvalue weighted by molar-refractivity contribution is 5.87. The summed E-state index contributed by atoms with van der Waals surface area (Å²) in [6.07, 6.45) is 6.71. The van der Waals surface area contributed by atoms with Crippen molar-refractivity contribution in [2.24, 2.45) is 11.8 Å². The molecule has 1 aromatic rings. The largest absolute Gasteiger partial charge is 0.390 e. The van der Waals surface area contributed by atoms with Crippen LogP contribution in [0.4, 0.5) is 4.79 Å². The van der Waals surface area contributed by atoms with E-state index in [-0.39, 0.29) is 30.7 Å². The predicted molar refractivity (Wildman–Crippen MR) is 142 cm³/mol. The average molecular weight is 517 g/mol. The van der Waals surface area contributed by atoms with Gasteiger partial charge in [0.1, 0.15) is 12.1 Å². The van der Waals surface area contributed by atoms with Gasteiger partial charge in [-0.25, -0.2) is 4.79 Å². The van der Waals surface area contributed by atoms with E-state index in [1.54, 1.807) is 6.92 Å². The number of amides is 4. The molecule has 206 valence electrons. The van der Waals surface area contributed by atoms with Crippen molar-refractivity contribution in [1.82, 2.24) is 21.3 Å². The quantitative estimate of drug-likeness (QED) is 0.225. The lowest BCUT2D eigenvalue weighted by Crippen LogP contribution is -2.52. The Morgan fingerprint density at radius 2 is 1.65 bits per heavy atom. The molecule has 2 aliphatic carbocycles. The van der Waals surface area contributed by atoms with E-state index in [0.29, 0.717) is 25.3 Å². The number of nitrogens with one attached hydrogen (secondary N) is 4. The lowest BCUT2D eigenvalue weighted by Gasteiger charge is -2.32. The van der Waals surface area contributed by atoms with Crippen LogP contribution >= 0.6 is 0 Å². The van der Waals surface area contributed by atoms with E-state index in [1.807, 2.05) is 30.3 Å². The number of urea groups is 1. The molecule has 0 aromatic heterocycles. The van der Waals surface area contributed by atoms with Gasteiger partial charge in [-0.1, -0.05) is 62.4 Å². The molecular weight excluding hydrogens is 472 g/mol. The summed E-state index contributed by atoms with van der Waals surface area (Å²) in [6, 6.07) is 7.69. The molecule has 9 nitrogen and oxygen atoms in total. The van der Waals surface area contributed by atoms with E-state index in [4.69, 9.17) is 0 Å². The van der Waals surface area contributed by atoms with E-state index in [9.17, 15) is 24.6 Å². The Hall–Kier alpha value is -2.65. The van der Waals surface area contributed by atoms with Gasteiger partial charge in [-0.05, 0) is 43.6 Å². The van der Waals surface area contributed by atoms with Crippen molar-refractivity contribution in [2.75, 3.05) is 13.1 Å². The van der Waals surface area contributed by atoms with Crippen LogP contribution in [0.3, 0.4) is 0 Å². The van der Waals surface area contributed by atoms with Crippen molar-refractivity contribution in [1.29, 1.82) is 0 Å². The van der Waals surface area contributed by atoms with Gasteiger partial charge in [0, 0.05) is 25.9 Å². The lowest BCUT2D eigenvalue weighted by atomic mass is 9.82. The number of hydrogen-bond donors (Lipinski definition) is 6. The number of carbonyl (C=O) groups is 3. The summed E-state index contributed by atoms with van der Waals surface area (Å²) in [5.41, 5.74) is 0.908. The first-order valence-corrected chi connectivity index (χ1v) is 13.9. The minimum Gasteiger partial charge on any atom is -0.390 e. The molecule has 37 heavy (non-hydrogen) atoms. The Labute approximate surface area is 220 Å². The van der Waals surface area contributed by atoms with Gasteiger partial charge in [0.05, 0.1) is 12.1 Å². The zero-order chi connectivity index (χ0) is 26.6. The number of benzene rings is 1. The van der Waals surface area contributed by atoms with Gasteiger partial charge in [-0.15, -0.1) is 0 Å². The molecule has 6 N–H and O–H groups in total. The van der Waals surface area contributed by atoms with Gasteiger partial charge in [-0.2, -0.15) is 0 Å². The molecule has 0 aliphatic heterocycles. The SMILES string of the molecule is CCNC(=O)N[C@@H](Cc1ccccc1)C(=O)NCCC(=O)N[C@@H](CC1CCCCC1)[C@@H](O)[C@@H](O)C1CC1. The topological polar surface area (TPSA) is 140 Å². The molecule has 4 amide bonds. The fourth-order valence-electron chi connectivity index (χ4n) is 5.15. The Kier molecular flexibility index (Phi) is 11.7. The molecule has 0 heterocycles. The Morgan fingerprint density at radius 3 is 2.30 bits per heavy atom.